The molecule has 100 valence electrons. The van der Waals surface area contributed by atoms with Crippen molar-refractivity contribution in [1.29, 1.82) is 0 Å². The largest absolute Gasteiger partial charge is 0.381 e. The summed E-state index contributed by atoms with van der Waals surface area (Å²) < 4.78 is 31.9. The normalized spacial score (nSPS) is 23.7. The maximum absolute atomic E-state index is 12.0. The summed E-state index contributed by atoms with van der Waals surface area (Å²) in [6, 6.07) is 6.60. The highest BCUT2D eigenvalue weighted by Crippen LogP contribution is 2.24. The van der Waals surface area contributed by atoms with Crippen molar-refractivity contribution in [3.8, 4) is 0 Å². The average Bonchev–Trinajstić information content (AvgIpc) is 2.33. The molecule has 1 aromatic carbocycles. The van der Waals surface area contributed by atoms with E-state index in [1.807, 2.05) is 0 Å². The topological polar surface area (TPSA) is 81.4 Å². The highest BCUT2D eigenvalue weighted by molar-refractivity contribution is 7.89. The Morgan fingerprint density at radius 1 is 1.33 bits per heavy atom. The molecular formula is C12H18N2O3S. The fourth-order valence-electron chi connectivity index (χ4n) is 1.95. The lowest BCUT2D eigenvalue weighted by molar-refractivity contribution is 0.0236. The Hall–Kier alpha value is -0.950. The second kappa shape index (κ2) is 5.36. The quantitative estimate of drug-likeness (QED) is 0.821. The van der Waals surface area contributed by atoms with Gasteiger partial charge >= 0.3 is 0 Å². The van der Waals surface area contributed by atoms with Gasteiger partial charge in [-0.15, -0.1) is 0 Å². The number of nitrogens with two attached hydrogens (primary N) is 1. The zero-order valence-corrected chi connectivity index (χ0v) is 11.1. The molecule has 3 N–H and O–H groups in total. The summed E-state index contributed by atoms with van der Waals surface area (Å²) in [6.45, 7) is 0.409. The van der Waals surface area contributed by atoms with E-state index in [0.29, 0.717) is 6.54 Å². The minimum atomic E-state index is -3.42. The van der Waals surface area contributed by atoms with E-state index in [9.17, 15) is 8.42 Å². The van der Waals surface area contributed by atoms with Gasteiger partial charge in [-0.2, -0.15) is 0 Å². The molecule has 0 saturated heterocycles. The van der Waals surface area contributed by atoms with E-state index in [2.05, 4.69) is 4.72 Å². The molecule has 0 spiro atoms. The zero-order valence-electron chi connectivity index (χ0n) is 10.3. The summed E-state index contributed by atoms with van der Waals surface area (Å²) >= 11 is 0. The van der Waals surface area contributed by atoms with Gasteiger partial charge in [0.05, 0.1) is 11.0 Å². The predicted molar refractivity (Wildman–Crippen MR) is 68.5 cm³/mol. The van der Waals surface area contributed by atoms with E-state index in [4.69, 9.17) is 10.5 Å². The molecule has 1 aliphatic rings. The van der Waals surface area contributed by atoms with Crippen LogP contribution in [0.5, 0.6) is 0 Å². The second-order valence-electron chi connectivity index (χ2n) is 4.50. The molecule has 2 rings (SSSR count). The van der Waals surface area contributed by atoms with Gasteiger partial charge in [0.15, 0.2) is 0 Å². The van der Waals surface area contributed by atoms with E-state index in [0.717, 1.165) is 18.4 Å². The number of ether oxygens (including phenoxy) is 1. The van der Waals surface area contributed by atoms with Gasteiger partial charge in [-0.25, -0.2) is 13.1 Å². The summed E-state index contributed by atoms with van der Waals surface area (Å²) in [5, 5.41) is 0. The number of sulfonamides is 1. The molecule has 1 aliphatic carbocycles. The molecule has 1 fully saturated rings. The summed E-state index contributed by atoms with van der Waals surface area (Å²) in [7, 11) is -1.78. The van der Waals surface area contributed by atoms with Crippen LogP contribution in [0.1, 0.15) is 18.4 Å². The Morgan fingerprint density at radius 2 is 1.94 bits per heavy atom. The first-order valence-corrected chi connectivity index (χ1v) is 7.37. The molecule has 0 aliphatic heterocycles. The lowest BCUT2D eigenvalue weighted by atomic mass is 9.90. The lowest BCUT2D eigenvalue weighted by Gasteiger charge is -2.34. The molecule has 6 heteroatoms. The van der Waals surface area contributed by atoms with Crippen LogP contribution < -0.4 is 10.5 Å². The van der Waals surface area contributed by atoms with Crippen molar-refractivity contribution < 1.29 is 13.2 Å². The third-order valence-corrected chi connectivity index (χ3v) is 4.76. The third-order valence-electron chi connectivity index (χ3n) is 3.22. The first-order chi connectivity index (χ1) is 8.55. The van der Waals surface area contributed by atoms with Crippen LogP contribution in [-0.2, 0) is 21.3 Å². The van der Waals surface area contributed by atoms with Crippen molar-refractivity contribution in [3.63, 3.8) is 0 Å². The third kappa shape index (κ3) is 2.89. The molecule has 1 saturated carbocycles. The molecular weight excluding hydrogens is 252 g/mol. The van der Waals surface area contributed by atoms with Crippen molar-refractivity contribution in [1.82, 2.24) is 4.72 Å². The number of methoxy groups -OCH3 is 1. The molecule has 0 unspecified atom stereocenters. The van der Waals surface area contributed by atoms with Gasteiger partial charge in [-0.1, -0.05) is 12.1 Å². The van der Waals surface area contributed by atoms with Gasteiger partial charge in [-0.05, 0) is 30.5 Å². The van der Waals surface area contributed by atoms with Gasteiger partial charge in [0.2, 0.25) is 10.0 Å². The average molecular weight is 270 g/mol. The highest BCUT2D eigenvalue weighted by atomic mass is 32.2. The summed E-state index contributed by atoms with van der Waals surface area (Å²) in [6.07, 6.45) is 1.64. The Balaban J connectivity index is 2.02. The number of nitrogens with one attached hydrogen (secondary N) is 1. The number of benzene rings is 1. The Morgan fingerprint density at radius 3 is 2.44 bits per heavy atom. The minimum absolute atomic E-state index is 0.0193. The lowest BCUT2D eigenvalue weighted by Crippen LogP contribution is -2.47. The van der Waals surface area contributed by atoms with Crippen molar-refractivity contribution in [3.05, 3.63) is 29.8 Å². The van der Waals surface area contributed by atoms with E-state index in [1.165, 1.54) is 0 Å². The van der Waals surface area contributed by atoms with Gasteiger partial charge < -0.3 is 10.5 Å². The van der Waals surface area contributed by atoms with Gasteiger partial charge in [0, 0.05) is 19.7 Å². The number of hydrogen-bond acceptors (Lipinski definition) is 4. The van der Waals surface area contributed by atoms with Crippen LogP contribution in [0.25, 0.3) is 0 Å². The molecule has 18 heavy (non-hydrogen) atoms. The maximum atomic E-state index is 12.0. The number of hydrogen-bond donors (Lipinski definition) is 2. The van der Waals surface area contributed by atoms with Crippen LogP contribution in [-0.4, -0.2) is 27.7 Å². The van der Waals surface area contributed by atoms with E-state index in [1.54, 1.807) is 31.4 Å². The number of rotatable bonds is 5. The fourth-order valence-corrected chi connectivity index (χ4v) is 3.21. The molecule has 5 nitrogen and oxygen atoms in total. The van der Waals surface area contributed by atoms with Gasteiger partial charge in [-0.3, -0.25) is 0 Å². The second-order valence-corrected chi connectivity index (χ2v) is 6.21. The highest BCUT2D eigenvalue weighted by Gasteiger charge is 2.32. The first kappa shape index (κ1) is 13.5. The van der Waals surface area contributed by atoms with E-state index in [-0.39, 0.29) is 17.0 Å². The van der Waals surface area contributed by atoms with Crippen LogP contribution >= 0.6 is 0 Å². The Kier molecular flexibility index (Phi) is 4.01. The molecule has 0 radical (unpaired) electrons. The van der Waals surface area contributed by atoms with Gasteiger partial charge in [0.1, 0.15) is 0 Å². The molecule has 1 aromatic rings. The van der Waals surface area contributed by atoms with Crippen LogP contribution in [0.2, 0.25) is 0 Å². The molecule has 0 atom stereocenters. The molecule has 0 aromatic heterocycles. The molecule has 0 bridgehead atoms. The Bertz CT molecular complexity index is 493. The summed E-state index contributed by atoms with van der Waals surface area (Å²) in [5.41, 5.74) is 6.39. The molecule has 0 heterocycles. The van der Waals surface area contributed by atoms with E-state index >= 15 is 0 Å². The van der Waals surface area contributed by atoms with Crippen molar-refractivity contribution in [2.75, 3.05) is 7.11 Å². The SMILES string of the molecule is COC1CC(NS(=O)(=O)c2ccc(CN)cc2)C1. The van der Waals surface area contributed by atoms with Gasteiger partial charge in [0.25, 0.3) is 0 Å². The Labute approximate surface area is 107 Å². The molecule has 0 amide bonds. The van der Waals surface area contributed by atoms with Crippen LogP contribution in [0.15, 0.2) is 29.2 Å². The van der Waals surface area contributed by atoms with Crippen LogP contribution in [0, 0.1) is 0 Å². The monoisotopic (exact) mass is 270 g/mol. The van der Waals surface area contributed by atoms with Crippen molar-refractivity contribution in [2.45, 2.75) is 36.4 Å². The fraction of sp³-hybridized carbons (Fsp3) is 0.500. The van der Waals surface area contributed by atoms with Crippen LogP contribution in [0.4, 0.5) is 0 Å². The summed E-state index contributed by atoms with van der Waals surface area (Å²) in [4.78, 5) is 0.278. The van der Waals surface area contributed by atoms with Crippen molar-refractivity contribution >= 4 is 10.0 Å². The van der Waals surface area contributed by atoms with E-state index < -0.39 is 10.0 Å². The van der Waals surface area contributed by atoms with Crippen molar-refractivity contribution in [2.24, 2.45) is 5.73 Å². The van der Waals surface area contributed by atoms with Crippen LogP contribution in [0.3, 0.4) is 0 Å². The smallest absolute Gasteiger partial charge is 0.240 e. The first-order valence-electron chi connectivity index (χ1n) is 5.89. The zero-order chi connectivity index (χ0) is 13.2. The standard InChI is InChI=1S/C12H18N2O3S/c1-17-11-6-10(7-11)14-18(15,16)12-4-2-9(8-13)3-5-12/h2-5,10-11,14H,6-8,13H2,1H3. The predicted octanol–water partition coefficient (Wildman–Crippen LogP) is 0.601. The summed E-state index contributed by atoms with van der Waals surface area (Å²) in [5.74, 6) is 0. The maximum Gasteiger partial charge on any atom is 0.240 e. The minimum Gasteiger partial charge on any atom is -0.381 e.